The lowest BCUT2D eigenvalue weighted by molar-refractivity contribution is 0.326. The smallest absolute Gasteiger partial charge is 0.205 e. The van der Waals surface area contributed by atoms with Crippen molar-refractivity contribution in [1.82, 2.24) is 15.1 Å². The number of rotatable bonds is 5. The van der Waals surface area contributed by atoms with Crippen LogP contribution >= 0.6 is 11.3 Å². The number of aromatic nitrogens is 2. The Hall–Kier alpha value is -0.680. The van der Waals surface area contributed by atoms with Crippen LogP contribution in [-0.2, 0) is 6.42 Å². The first-order valence-electron chi connectivity index (χ1n) is 7.03. The van der Waals surface area contributed by atoms with Gasteiger partial charge in [0.05, 0.1) is 0 Å². The molecule has 1 aliphatic heterocycles. The van der Waals surface area contributed by atoms with Gasteiger partial charge in [-0.1, -0.05) is 25.2 Å². The highest BCUT2D eigenvalue weighted by molar-refractivity contribution is 7.15. The Morgan fingerprint density at radius 3 is 2.89 bits per heavy atom. The minimum absolute atomic E-state index is 0.574. The molecule has 100 valence electrons. The largest absolute Gasteiger partial charge is 0.356 e. The molecule has 2 heterocycles. The average Bonchev–Trinajstić information content (AvgIpc) is 2.92. The van der Waals surface area contributed by atoms with Crippen LogP contribution in [0.4, 0.5) is 5.13 Å². The summed E-state index contributed by atoms with van der Waals surface area (Å²) in [5.41, 5.74) is 0. The summed E-state index contributed by atoms with van der Waals surface area (Å²) < 4.78 is 0. The Bertz CT molecular complexity index is 399. The van der Waals surface area contributed by atoms with Gasteiger partial charge in [0.15, 0.2) is 0 Å². The predicted octanol–water partition coefficient (Wildman–Crippen LogP) is 2.39. The maximum atomic E-state index is 4.26. The van der Waals surface area contributed by atoms with E-state index in [2.05, 4.69) is 34.3 Å². The van der Waals surface area contributed by atoms with Gasteiger partial charge in [0.1, 0.15) is 5.01 Å². The normalized spacial score (nSPS) is 24.9. The molecular formula is C13H22N4S. The maximum Gasteiger partial charge on any atom is 0.205 e. The van der Waals surface area contributed by atoms with Crippen molar-refractivity contribution in [2.24, 2.45) is 5.92 Å². The molecule has 1 saturated carbocycles. The summed E-state index contributed by atoms with van der Waals surface area (Å²) in [6.07, 6.45) is 5.10. The summed E-state index contributed by atoms with van der Waals surface area (Å²) in [7, 11) is 0. The van der Waals surface area contributed by atoms with E-state index in [1.807, 2.05) is 0 Å². The standard InChI is InChI=1S/C13H22N4S/c1-9(2)7-12-15-16-13(18-12)14-10-5-6-17(8-10)11-3-4-11/h9-11H,3-8H2,1-2H3,(H,14,16). The van der Waals surface area contributed by atoms with Crippen LogP contribution in [0.25, 0.3) is 0 Å². The third-order valence-electron chi connectivity index (χ3n) is 3.66. The Balaban J connectivity index is 1.51. The summed E-state index contributed by atoms with van der Waals surface area (Å²) in [4.78, 5) is 2.62. The second-order valence-electron chi connectivity index (χ2n) is 5.95. The van der Waals surface area contributed by atoms with Gasteiger partial charge in [-0.2, -0.15) is 0 Å². The number of likely N-dealkylation sites (tertiary alicyclic amines) is 1. The third-order valence-corrected chi connectivity index (χ3v) is 4.54. The lowest BCUT2D eigenvalue weighted by Gasteiger charge is -2.14. The van der Waals surface area contributed by atoms with E-state index >= 15 is 0 Å². The van der Waals surface area contributed by atoms with E-state index in [1.165, 1.54) is 32.4 Å². The van der Waals surface area contributed by atoms with Gasteiger partial charge in [0.25, 0.3) is 0 Å². The van der Waals surface area contributed by atoms with Crippen LogP contribution in [-0.4, -0.2) is 40.3 Å². The molecule has 1 atom stereocenters. The first-order chi connectivity index (χ1) is 8.70. The van der Waals surface area contributed by atoms with Crippen molar-refractivity contribution < 1.29 is 0 Å². The quantitative estimate of drug-likeness (QED) is 0.888. The summed E-state index contributed by atoms with van der Waals surface area (Å²) >= 11 is 1.72. The summed E-state index contributed by atoms with van der Waals surface area (Å²) in [6, 6.07) is 1.47. The Morgan fingerprint density at radius 2 is 2.17 bits per heavy atom. The van der Waals surface area contributed by atoms with Crippen LogP contribution in [0.2, 0.25) is 0 Å². The number of nitrogens with one attached hydrogen (secondary N) is 1. The van der Waals surface area contributed by atoms with Gasteiger partial charge in [-0.05, 0) is 25.2 Å². The fourth-order valence-corrected chi connectivity index (χ4v) is 3.62. The molecule has 0 spiro atoms. The second-order valence-corrected chi connectivity index (χ2v) is 7.02. The molecule has 1 saturated heterocycles. The average molecular weight is 266 g/mol. The first-order valence-corrected chi connectivity index (χ1v) is 7.85. The third kappa shape index (κ3) is 3.01. The summed E-state index contributed by atoms with van der Waals surface area (Å²) in [6.45, 7) is 6.88. The second kappa shape index (κ2) is 5.13. The topological polar surface area (TPSA) is 41.1 Å². The molecule has 1 aromatic rings. The molecule has 1 aromatic heterocycles. The minimum atomic E-state index is 0.574. The highest BCUT2D eigenvalue weighted by atomic mass is 32.1. The van der Waals surface area contributed by atoms with Crippen molar-refractivity contribution in [1.29, 1.82) is 0 Å². The summed E-state index contributed by atoms with van der Waals surface area (Å²) in [5.74, 6) is 0.655. The van der Waals surface area contributed by atoms with Gasteiger partial charge in [-0.3, -0.25) is 4.90 Å². The van der Waals surface area contributed by atoms with Gasteiger partial charge < -0.3 is 5.32 Å². The van der Waals surface area contributed by atoms with Crippen LogP contribution in [0.3, 0.4) is 0 Å². The van der Waals surface area contributed by atoms with Gasteiger partial charge in [0.2, 0.25) is 5.13 Å². The van der Waals surface area contributed by atoms with Crippen molar-refractivity contribution in [3.8, 4) is 0 Å². The molecule has 1 aliphatic carbocycles. The van der Waals surface area contributed by atoms with Crippen molar-refractivity contribution in [2.45, 2.75) is 51.6 Å². The molecule has 3 rings (SSSR count). The van der Waals surface area contributed by atoms with Crippen LogP contribution < -0.4 is 5.32 Å². The SMILES string of the molecule is CC(C)Cc1nnc(NC2CCN(C3CC3)C2)s1. The van der Waals surface area contributed by atoms with Crippen molar-refractivity contribution >= 4 is 16.5 Å². The fourth-order valence-electron chi connectivity index (χ4n) is 2.59. The minimum Gasteiger partial charge on any atom is -0.356 e. The Labute approximate surface area is 113 Å². The van der Waals surface area contributed by atoms with Crippen molar-refractivity contribution in [2.75, 3.05) is 18.4 Å². The molecule has 0 aromatic carbocycles. The van der Waals surface area contributed by atoms with Crippen molar-refractivity contribution in [3.63, 3.8) is 0 Å². The highest BCUT2D eigenvalue weighted by Crippen LogP contribution is 2.31. The summed E-state index contributed by atoms with van der Waals surface area (Å²) in [5, 5.41) is 14.2. The lowest BCUT2D eigenvalue weighted by atomic mass is 10.1. The molecule has 2 fully saturated rings. The fraction of sp³-hybridized carbons (Fsp3) is 0.846. The number of hydrogen-bond donors (Lipinski definition) is 1. The van der Waals surface area contributed by atoms with E-state index in [1.54, 1.807) is 11.3 Å². The molecule has 4 nitrogen and oxygen atoms in total. The molecule has 0 bridgehead atoms. The van der Waals surface area contributed by atoms with Crippen LogP contribution in [0, 0.1) is 5.92 Å². The van der Waals surface area contributed by atoms with E-state index in [0.717, 1.165) is 22.6 Å². The molecule has 0 amide bonds. The van der Waals surface area contributed by atoms with Gasteiger partial charge in [-0.25, -0.2) is 0 Å². The van der Waals surface area contributed by atoms with Gasteiger partial charge in [-0.15, -0.1) is 10.2 Å². The van der Waals surface area contributed by atoms with Gasteiger partial charge >= 0.3 is 0 Å². The Kier molecular flexibility index (Phi) is 3.52. The maximum absolute atomic E-state index is 4.26. The Morgan fingerprint density at radius 1 is 1.33 bits per heavy atom. The number of hydrogen-bond acceptors (Lipinski definition) is 5. The van der Waals surface area contributed by atoms with Crippen LogP contribution in [0.15, 0.2) is 0 Å². The van der Waals surface area contributed by atoms with E-state index in [4.69, 9.17) is 0 Å². The van der Waals surface area contributed by atoms with Crippen molar-refractivity contribution in [3.05, 3.63) is 5.01 Å². The molecule has 1 N–H and O–H groups in total. The zero-order valence-corrected chi connectivity index (χ0v) is 12.0. The van der Waals surface area contributed by atoms with E-state index in [-0.39, 0.29) is 0 Å². The lowest BCUT2D eigenvalue weighted by Crippen LogP contribution is -2.27. The van der Waals surface area contributed by atoms with E-state index in [0.29, 0.717) is 12.0 Å². The molecule has 0 radical (unpaired) electrons. The molecular weight excluding hydrogens is 244 g/mol. The number of anilines is 1. The molecule has 18 heavy (non-hydrogen) atoms. The highest BCUT2D eigenvalue weighted by Gasteiger charge is 2.34. The monoisotopic (exact) mass is 266 g/mol. The van der Waals surface area contributed by atoms with E-state index in [9.17, 15) is 0 Å². The molecule has 5 heteroatoms. The zero-order chi connectivity index (χ0) is 12.5. The van der Waals surface area contributed by atoms with Crippen LogP contribution in [0.1, 0.15) is 38.1 Å². The molecule has 2 aliphatic rings. The van der Waals surface area contributed by atoms with E-state index < -0.39 is 0 Å². The van der Waals surface area contributed by atoms with Crippen LogP contribution in [0.5, 0.6) is 0 Å². The first kappa shape index (κ1) is 12.4. The van der Waals surface area contributed by atoms with Gasteiger partial charge in [0, 0.05) is 31.6 Å². The predicted molar refractivity (Wildman–Crippen MR) is 75.1 cm³/mol. The number of nitrogens with zero attached hydrogens (tertiary/aromatic N) is 3. The molecule has 1 unspecified atom stereocenters. The zero-order valence-electron chi connectivity index (χ0n) is 11.2.